The van der Waals surface area contributed by atoms with E-state index >= 15 is 0 Å². The fraction of sp³-hybridized carbons (Fsp3) is 0.407. The summed E-state index contributed by atoms with van der Waals surface area (Å²) < 4.78 is 6.53. The first-order valence-corrected chi connectivity index (χ1v) is 11.6. The molecule has 0 aromatic carbocycles. The van der Waals surface area contributed by atoms with Crippen LogP contribution in [0.3, 0.4) is 0 Å². The van der Waals surface area contributed by atoms with Crippen LogP contribution in [-0.4, -0.2) is 32.9 Å². The molecule has 3 rings (SSSR count). The van der Waals surface area contributed by atoms with Crippen molar-refractivity contribution in [3.8, 4) is 11.4 Å². The highest BCUT2D eigenvalue weighted by Gasteiger charge is 2.32. The highest BCUT2D eigenvalue weighted by Crippen LogP contribution is 2.34. The van der Waals surface area contributed by atoms with Gasteiger partial charge in [0.1, 0.15) is 12.2 Å². The molecule has 1 aliphatic rings. The van der Waals surface area contributed by atoms with Crippen LogP contribution in [0.1, 0.15) is 70.2 Å². The van der Waals surface area contributed by atoms with Gasteiger partial charge in [-0.25, -0.2) is 4.98 Å². The number of ether oxygens (including phenoxy) is 1. The number of hydrogen-bond donors (Lipinski definition) is 1. The first-order chi connectivity index (χ1) is 16.5. The van der Waals surface area contributed by atoms with E-state index in [1.54, 1.807) is 35.9 Å². The van der Waals surface area contributed by atoms with E-state index < -0.39 is 11.2 Å². The normalized spacial score (nSPS) is 15.6. The lowest BCUT2D eigenvalue weighted by atomic mass is 9.89. The van der Waals surface area contributed by atoms with Crippen molar-refractivity contribution in [3.05, 3.63) is 61.9 Å². The summed E-state index contributed by atoms with van der Waals surface area (Å²) in [5, 5.41) is 16.8. The van der Waals surface area contributed by atoms with E-state index in [1.807, 2.05) is 40.7 Å². The number of rotatable bonds is 8. The van der Waals surface area contributed by atoms with Crippen LogP contribution in [0.2, 0.25) is 0 Å². The lowest BCUT2D eigenvalue weighted by Gasteiger charge is -2.25. The zero-order chi connectivity index (χ0) is 26.0. The van der Waals surface area contributed by atoms with E-state index in [2.05, 4.69) is 11.7 Å². The van der Waals surface area contributed by atoms with Crippen LogP contribution in [0.4, 0.5) is 0 Å². The SMILES string of the molecule is C=C/C=c1/nc2c(c(/C=N/OC(C)(C)C)/c1=C/C)Cn1c-2cc(C(C)(O)CC)c(COC=O)c1=O. The zero-order valence-electron chi connectivity index (χ0n) is 21.2. The Morgan fingerprint density at radius 1 is 1.31 bits per heavy atom. The van der Waals surface area contributed by atoms with Crippen LogP contribution in [0.5, 0.6) is 0 Å². The van der Waals surface area contributed by atoms with E-state index in [0.717, 1.165) is 16.3 Å². The fourth-order valence-electron chi connectivity index (χ4n) is 4.10. The van der Waals surface area contributed by atoms with Crippen LogP contribution < -0.4 is 16.1 Å². The van der Waals surface area contributed by atoms with E-state index in [9.17, 15) is 14.7 Å². The maximum absolute atomic E-state index is 13.6. The number of aliphatic hydroxyl groups is 1. The van der Waals surface area contributed by atoms with Gasteiger partial charge in [-0.15, -0.1) is 0 Å². The third-order valence-corrected chi connectivity index (χ3v) is 6.01. The van der Waals surface area contributed by atoms with Crippen molar-refractivity contribution in [1.29, 1.82) is 0 Å². The quantitative estimate of drug-likeness (QED) is 0.303. The Morgan fingerprint density at radius 3 is 2.60 bits per heavy atom. The second kappa shape index (κ2) is 10.00. The van der Waals surface area contributed by atoms with Crippen molar-refractivity contribution < 1.29 is 19.5 Å². The van der Waals surface area contributed by atoms with Crippen molar-refractivity contribution in [2.24, 2.45) is 5.16 Å². The molecule has 1 aliphatic heterocycles. The number of pyridine rings is 2. The number of nitrogens with zero attached hydrogens (tertiary/aromatic N) is 3. The fourth-order valence-corrected chi connectivity index (χ4v) is 4.10. The summed E-state index contributed by atoms with van der Waals surface area (Å²) >= 11 is 0. The van der Waals surface area contributed by atoms with Crippen LogP contribution in [0.25, 0.3) is 23.5 Å². The molecule has 35 heavy (non-hydrogen) atoms. The summed E-state index contributed by atoms with van der Waals surface area (Å²) in [6, 6.07) is 1.77. The monoisotopic (exact) mass is 479 g/mol. The lowest BCUT2D eigenvalue weighted by Crippen LogP contribution is -2.33. The van der Waals surface area contributed by atoms with Gasteiger partial charge in [0.05, 0.1) is 40.7 Å². The number of oxime groups is 1. The highest BCUT2D eigenvalue weighted by molar-refractivity contribution is 5.86. The minimum Gasteiger partial charge on any atom is -0.463 e. The van der Waals surface area contributed by atoms with Gasteiger partial charge in [-0.05, 0) is 58.7 Å². The summed E-state index contributed by atoms with van der Waals surface area (Å²) in [6.07, 6.45) is 7.41. The van der Waals surface area contributed by atoms with E-state index in [-0.39, 0.29) is 24.3 Å². The van der Waals surface area contributed by atoms with Gasteiger partial charge in [-0.2, -0.15) is 0 Å². The van der Waals surface area contributed by atoms with Gasteiger partial charge in [-0.1, -0.05) is 30.8 Å². The first-order valence-electron chi connectivity index (χ1n) is 11.6. The Labute approximate surface area is 204 Å². The summed E-state index contributed by atoms with van der Waals surface area (Å²) in [5.41, 5.74) is 1.36. The molecule has 0 radical (unpaired) electrons. The van der Waals surface area contributed by atoms with Crippen molar-refractivity contribution in [3.63, 3.8) is 0 Å². The molecule has 0 bridgehead atoms. The van der Waals surface area contributed by atoms with Crippen molar-refractivity contribution >= 4 is 24.8 Å². The molecular formula is C27H33N3O5. The Balaban J connectivity index is 2.37. The van der Waals surface area contributed by atoms with E-state index in [1.165, 1.54) is 0 Å². The van der Waals surface area contributed by atoms with Crippen LogP contribution in [0.15, 0.2) is 28.7 Å². The summed E-state index contributed by atoms with van der Waals surface area (Å²) in [6.45, 7) is 15.2. The minimum absolute atomic E-state index is 0.227. The predicted octanol–water partition coefficient (Wildman–Crippen LogP) is 2.48. The Morgan fingerprint density at radius 2 is 2.03 bits per heavy atom. The first kappa shape index (κ1) is 26.1. The maximum atomic E-state index is 13.6. The van der Waals surface area contributed by atoms with E-state index in [4.69, 9.17) is 14.6 Å². The van der Waals surface area contributed by atoms with Crippen LogP contribution in [-0.2, 0) is 33.1 Å². The highest BCUT2D eigenvalue weighted by atomic mass is 16.6. The van der Waals surface area contributed by atoms with Crippen molar-refractivity contribution in [2.45, 2.75) is 72.3 Å². The average molecular weight is 480 g/mol. The van der Waals surface area contributed by atoms with Crippen molar-refractivity contribution in [1.82, 2.24) is 9.55 Å². The maximum Gasteiger partial charge on any atom is 0.293 e. The Hall–Kier alpha value is -3.52. The lowest BCUT2D eigenvalue weighted by molar-refractivity contribution is -0.129. The molecule has 0 fully saturated rings. The number of allylic oxidation sites excluding steroid dienone is 1. The zero-order valence-corrected chi connectivity index (χ0v) is 21.2. The average Bonchev–Trinajstić information content (AvgIpc) is 3.16. The van der Waals surface area contributed by atoms with Gasteiger partial charge in [-0.3, -0.25) is 9.59 Å². The molecule has 0 amide bonds. The van der Waals surface area contributed by atoms with Gasteiger partial charge in [0.15, 0.2) is 0 Å². The van der Waals surface area contributed by atoms with Gasteiger partial charge in [0, 0.05) is 16.3 Å². The van der Waals surface area contributed by atoms with Gasteiger partial charge < -0.3 is 19.2 Å². The summed E-state index contributed by atoms with van der Waals surface area (Å²) in [5.74, 6) is 0. The topological polar surface area (TPSA) is 103 Å². The Kier molecular flexibility index (Phi) is 7.45. The molecule has 1 N–H and O–H groups in total. The van der Waals surface area contributed by atoms with Crippen LogP contribution in [0, 0.1) is 0 Å². The largest absolute Gasteiger partial charge is 0.463 e. The number of fused-ring (bicyclic) bond motifs is 3. The number of aromatic nitrogens is 2. The molecule has 1 atom stereocenters. The number of carbonyl (C=O) groups is 1. The minimum atomic E-state index is -1.29. The second-order valence-corrected chi connectivity index (χ2v) is 9.63. The molecule has 2 aromatic heterocycles. The number of carbonyl (C=O) groups excluding carboxylic acids is 1. The molecule has 2 aromatic rings. The van der Waals surface area contributed by atoms with E-state index in [0.29, 0.717) is 35.2 Å². The van der Waals surface area contributed by atoms with Gasteiger partial charge in [0.2, 0.25) is 0 Å². The molecule has 186 valence electrons. The Bertz CT molecular complexity index is 1360. The third-order valence-electron chi connectivity index (χ3n) is 6.01. The molecule has 8 heteroatoms. The third kappa shape index (κ3) is 5.12. The molecule has 3 heterocycles. The van der Waals surface area contributed by atoms with Gasteiger partial charge in [0.25, 0.3) is 12.0 Å². The summed E-state index contributed by atoms with van der Waals surface area (Å²) in [7, 11) is 0. The molecule has 1 unspecified atom stereocenters. The van der Waals surface area contributed by atoms with Gasteiger partial charge >= 0.3 is 0 Å². The molecule has 0 spiro atoms. The molecule has 0 saturated heterocycles. The summed E-state index contributed by atoms with van der Waals surface area (Å²) in [4.78, 5) is 34.9. The predicted molar refractivity (Wildman–Crippen MR) is 136 cm³/mol. The molecule has 0 saturated carbocycles. The molecule has 8 nitrogen and oxygen atoms in total. The molecule has 0 aliphatic carbocycles. The van der Waals surface area contributed by atoms with Crippen molar-refractivity contribution in [2.75, 3.05) is 0 Å². The number of hydrogen-bond acceptors (Lipinski definition) is 7. The molecular weight excluding hydrogens is 446 g/mol. The van der Waals surface area contributed by atoms with Crippen LogP contribution >= 0.6 is 0 Å². The standard InChI is InChI=1S/C27H33N3O5/c1-8-11-22-17(9-2)18(13-28-35-26(4,5)6)19-14-30-23(24(19)29-22)12-21(27(7,33)10-3)20(25(30)32)15-34-16-31/h8-9,11-13,16,33H,1,10,14-15H2,2-7H3/b17-9-,22-11+,28-13+. The second-order valence-electron chi connectivity index (χ2n) is 9.63. The smallest absolute Gasteiger partial charge is 0.293 e.